The van der Waals surface area contributed by atoms with Gasteiger partial charge >= 0.3 is 0 Å². The van der Waals surface area contributed by atoms with Crippen molar-refractivity contribution in [1.82, 2.24) is 9.88 Å². The highest BCUT2D eigenvalue weighted by Crippen LogP contribution is 2.25. The van der Waals surface area contributed by atoms with Gasteiger partial charge in [0.15, 0.2) is 5.58 Å². The molecule has 33 heavy (non-hydrogen) atoms. The third kappa shape index (κ3) is 4.49. The number of likely N-dealkylation sites (tertiary alicyclic amines) is 1. The smallest absolute Gasteiger partial charge is 0.255 e. The number of benzene rings is 3. The molecule has 7 nitrogen and oxygen atoms in total. The maximum absolute atomic E-state index is 12.9. The summed E-state index contributed by atoms with van der Waals surface area (Å²) in [5.74, 6) is 0.0335. The van der Waals surface area contributed by atoms with Gasteiger partial charge in [-0.05, 0) is 61.4 Å². The molecule has 0 spiro atoms. The number of carbonyl (C=O) groups excluding carboxylic acids is 2. The van der Waals surface area contributed by atoms with Crippen molar-refractivity contribution in [2.75, 3.05) is 18.4 Å². The summed E-state index contributed by atoms with van der Waals surface area (Å²) >= 11 is 0. The number of aromatic nitrogens is 1. The van der Waals surface area contributed by atoms with Crippen LogP contribution in [-0.4, -0.2) is 46.0 Å². The second-order valence-electron chi connectivity index (χ2n) is 8.15. The fraction of sp³-hybridized carbons (Fsp3) is 0.192. The van der Waals surface area contributed by atoms with E-state index in [1.54, 1.807) is 47.4 Å². The molecule has 0 unspecified atom stereocenters. The lowest BCUT2D eigenvalue weighted by Gasteiger charge is -2.30. The van der Waals surface area contributed by atoms with E-state index in [4.69, 9.17) is 4.42 Å². The van der Waals surface area contributed by atoms with E-state index in [2.05, 4.69) is 10.3 Å². The largest absolute Gasteiger partial charge is 0.436 e. The maximum Gasteiger partial charge on any atom is 0.255 e. The number of aliphatic hydroxyl groups is 1. The van der Waals surface area contributed by atoms with Crippen LogP contribution in [0.1, 0.15) is 33.6 Å². The van der Waals surface area contributed by atoms with Crippen LogP contribution in [0.3, 0.4) is 0 Å². The van der Waals surface area contributed by atoms with Gasteiger partial charge in [-0.25, -0.2) is 4.98 Å². The molecule has 7 heteroatoms. The standard InChI is InChI=1S/C26H23N3O4/c30-21-10-5-13-29(16-21)26(32)19-8-4-9-20(14-19)27-24(31)18-11-12-22-23(15-18)33-25(28-22)17-6-2-1-3-7-17/h1-4,6-9,11-12,14-15,21,30H,5,10,13,16H2,(H,27,31)/t21-/m0/s1. The van der Waals surface area contributed by atoms with Crippen LogP contribution < -0.4 is 5.32 Å². The summed E-state index contributed by atoms with van der Waals surface area (Å²) in [6.45, 7) is 0.951. The van der Waals surface area contributed by atoms with E-state index in [0.29, 0.717) is 53.3 Å². The van der Waals surface area contributed by atoms with Gasteiger partial charge in [-0.3, -0.25) is 9.59 Å². The van der Waals surface area contributed by atoms with Crippen molar-refractivity contribution in [2.45, 2.75) is 18.9 Å². The fourth-order valence-electron chi connectivity index (χ4n) is 4.03. The molecule has 2 heterocycles. The summed E-state index contributed by atoms with van der Waals surface area (Å²) in [6, 6.07) is 21.5. The summed E-state index contributed by atoms with van der Waals surface area (Å²) in [5.41, 5.74) is 3.47. The van der Waals surface area contributed by atoms with Gasteiger partial charge in [0.2, 0.25) is 5.89 Å². The molecule has 1 atom stereocenters. The van der Waals surface area contributed by atoms with E-state index in [1.165, 1.54) is 0 Å². The Balaban J connectivity index is 1.33. The number of carbonyl (C=O) groups is 2. The van der Waals surface area contributed by atoms with Crippen LogP contribution >= 0.6 is 0 Å². The zero-order valence-corrected chi connectivity index (χ0v) is 17.9. The second kappa shape index (κ2) is 8.88. The summed E-state index contributed by atoms with van der Waals surface area (Å²) in [4.78, 5) is 31.8. The molecule has 1 fully saturated rings. The van der Waals surface area contributed by atoms with Crippen molar-refractivity contribution >= 4 is 28.6 Å². The average Bonchev–Trinajstić information content (AvgIpc) is 3.28. The Morgan fingerprint density at radius 1 is 1.00 bits per heavy atom. The molecule has 0 aliphatic carbocycles. The molecule has 3 aromatic carbocycles. The van der Waals surface area contributed by atoms with Crippen LogP contribution in [-0.2, 0) is 0 Å². The molecule has 2 amide bonds. The van der Waals surface area contributed by atoms with E-state index in [-0.39, 0.29) is 11.8 Å². The summed E-state index contributed by atoms with van der Waals surface area (Å²) in [6.07, 6.45) is 1.00. The first kappa shape index (κ1) is 20.9. The molecule has 1 aliphatic heterocycles. The van der Waals surface area contributed by atoms with Gasteiger partial charge in [-0.1, -0.05) is 24.3 Å². The molecule has 1 aromatic heterocycles. The Hall–Kier alpha value is -3.97. The van der Waals surface area contributed by atoms with E-state index in [1.807, 2.05) is 30.3 Å². The Labute approximate surface area is 190 Å². The van der Waals surface area contributed by atoms with E-state index in [0.717, 1.165) is 12.0 Å². The van der Waals surface area contributed by atoms with Gasteiger partial charge in [-0.2, -0.15) is 0 Å². The molecule has 0 bridgehead atoms. The molecular weight excluding hydrogens is 418 g/mol. The Morgan fingerprint density at radius 3 is 2.67 bits per heavy atom. The molecular formula is C26H23N3O4. The van der Waals surface area contributed by atoms with Crippen LogP contribution in [0.15, 0.2) is 77.2 Å². The lowest BCUT2D eigenvalue weighted by Crippen LogP contribution is -2.42. The quantitative estimate of drug-likeness (QED) is 0.491. The number of hydrogen-bond donors (Lipinski definition) is 2. The number of amides is 2. The van der Waals surface area contributed by atoms with Crippen molar-refractivity contribution in [3.8, 4) is 11.5 Å². The molecule has 2 N–H and O–H groups in total. The van der Waals surface area contributed by atoms with Crippen LogP contribution in [0.2, 0.25) is 0 Å². The van der Waals surface area contributed by atoms with Gasteiger partial charge in [0.1, 0.15) is 5.52 Å². The van der Waals surface area contributed by atoms with Crippen molar-refractivity contribution in [3.63, 3.8) is 0 Å². The molecule has 0 radical (unpaired) electrons. The maximum atomic E-state index is 12.9. The number of hydrogen-bond acceptors (Lipinski definition) is 5. The van der Waals surface area contributed by atoms with Gasteiger partial charge in [0.25, 0.3) is 11.8 Å². The first-order chi connectivity index (χ1) is 16.1. The molecule has 4 aromatic rings. The van der Waals surface area contributed by atoms with Crippen LogP contribution in [0.25, 0.3) is 22.6 Å². The lowest BCUT2D eigenvalue weighted by atomic mass is 10.1. The first-order valence-electron chi connectivity index (χ1n) is 10.9. The highest BCUT2D eigenvalue weighted by atomic mass is 16.3. The number of piperidine rings is 1. The lowest BCUT2D eigenvalue weighted by molar-refractivity contribution is 0.0474. The summed E-state index contributed by atoms with van der Waals surface area (Å²) < 4.78 is 5.86. The number of nitrogens with one attached hydrogen (secondary N) is 1. The summed E-state index contributed by atoms with van der Waals surface area (Å²) in [5, 5.41) is 12.7. The van der Waals surface area contributed by atoms with E-state index in [9.17, 15) is 14.7 Å². The minimum Gasteiger partial charge on any atom is -0.436 e. The highest BCUT2D eigenvalue weighted by Gasteiger charge is 2.23. The number of rotatable bonds is 4. The Kier molecular flexibility index (Phi) is 5.62. The van der Waals surface area contributed by atoms with Gasteiger partial charge in [-0.15, -0.1) is 0 Å². The zero-order chi connectivity index (χ0) is 22.8. The van der Waals surface area contributed by atoms with Crippen molar-refractivity contribution in [3.05, 3.63) is 83.9 Å². The number of aliphatic hydroxyl groups excluding tert-OH is 1. The number of anilines is 1. The van der Waals surface area contributed by atoms with Crippen LogP contribution in [0.5, 0.6) is 0 Å². The topological polar surface area (TPSA) is 95.7 Å². The molecule has 1 saturated heterocycles. The molecule has 1 aliphatic rings. The molecule has 0 saturated carbocycles. The first-order valence-corrected chi connectivity index (χ1v) is 10.9. The Morgan fingerprint density at radius 2 is 1.85 bits per heavy atom. The normalized spacial score (nSPS) is 16.0. The highest BCUT2D eigenvalue weighted by molar-refractivity contribution is 6.06. The number of oxazole rings is 1. The third-order valence-corrected chi connectivity index (χ3v) is 5.72. The van der Waals surface area contributed by atoms with E-state index < -0.39 is 6.10 Å². The minimum absolute atomic E-state index is 0.152. The van der Waals surface area contributed by atoms with Crippen LogP contribution in [0, 0.1) is 0 Å². The predicted octanol–water partition coefficient (Wildman–Crippen LogP) is 4.34. The third-order valence-electron chi connectivity index (χ3n) is 5.72. The number of fused-ring (bicyclic) bond motifs is 1. The fourth-order valence-corrected chi connectivity index (χ4v) is 4.03. The minimum atomic E-state index is -0.487. The average molecular weight is 441 g/mol. The van der Waals surface area contributed by atoms with Gasteiger partial charge in [0.05, 0.1) is 6.10 Å². The number of β-amino-alcohol motifs (C(OH)–C–C–N with tert-alkyl or cyclic N) is 1. The SMILES string of the molecule is O=C(Nc1cccc(C(=O)N2CCC[C@H](O)C2)c1)c1ccc2nc(-c3ccccc3)oc2c1. The predicted molar refractivity (Wildman–Crippen MR) is 125 cm³/mol. The molecule has 5 rings (SSSR count). The van der Waals surface area contributed by atoms with Crippen molar-refractivity contribution < 1.29 is 19.1 Å². The van der Waals surface area contributed by atoms with Crippen LogP contribution in [0.4, 0.5) is 5.69 Å². The zero-order valence-electron chi connectivity index (χ0n) is 17.9. The monoisotopic (exact) mass is 441 g/mol. The van der Waals surface area contributed by atoms with Gasteiger partial charge < -0.3 is 19.7 Å². The Bertz CT molecular complexity index is 1320. The molecule has 166 valence electrons. The van der Waals surface area contributed by atoms with E-state index >= 15 is 0 Å². The van der Waals surface area contributed by atoms with Crippen molar-refractivity contribution in [1.29, 1.82) is 0 Å². The second-order valence-corrected chi connectivity index (χ2v) is 8.15. The summed E-state index contributed by atoms with van der Waals surface area (Å²) in [7, 11) is 0. The van der Waals surface area contributed by atoms with Crippen molar-refractivity contribution in [2.24, 2.45) is 0 Å². The van der Waals surface area contributed by atoms with Gasteiger partial charge in [0, 0.05) is 35.5 Å². The number of nitrogens with zero attached hydrogens (tertiary/aromatic N) is 2.